The fraction of sp³-hybridized carbons (Fsp3) is 0.429. The van der Waals surface area contributed by atoms with Gasteiger partial charge < -0.3 is 10.2 Å². The fourth-order valence-electron chi connectivity index (χ4n) is 3.55. The van der Waals surface area contributed by atoms with Crippen molar-refractivity contribution in [2.45, 2.75) is 38.4 Å². The molecule has 1 unspecified atom stereocenters. The molecule has 0 aromatic heterocycles. The molecule has 1 fully saturated rings. The van der Waals surface area contributed by atoms with E-state index in [1.54, 1.807) is 17.9 Å². The summed E-state index contributed by atoms with van der Waals surface area (Å²) in [4.78, 5) is 25.4. The Labute approximate surface area is 153 Å². The summed E-state index contributed by atoms with van der Waals surface area (Å²) >= 11 is 0. The quantitative estimate of drug-likeness (QED) is 0.840. The number of likely N-dealkylation sites (tertiary alicyclic amines) is 1. The Balaban J connectivity index is 1.50. The van der Waals surface area contributed by atoms with Gasteiger partial charge in [0.2, 0.25) is 17.6 Å². The molecule has 1 aliphatic carbocycles. The Bertz CT molecular complexity index is 721. The molecule has 1 aromatic carbocycles. The van der Waals surface area contributed by atoms with Crippen LogP contribution in [-0.2, 0) is 9.59 Å². The molecule has 2 amide bonds. The van der Waals surface area contributed by atoms with E-state index in [0.717, 1.165) is 24.0 Å². The van der Waals surface area contributed by atoms with E-state index < -0.39 is 5.79 Å². The van der Waals surface area contributed by atoms with Crippen molar-refractivity contribution in [3.05, 3.63) is 54.1 Å². The molecule has 3 rings (SSSR count). The lowest BCUT2D eigenvalue weighted by molar-refractivity contribution is -0.130. The topological polar surface area (TPSA) is 49.4 Å². The Morgan fingerprint density at radius 3 is 2.50 bits per heavy atom. The molecule has 1 aromatic rings. The van der Waals surface area contributed by atoms with Crippen molar-refractivity contribution in [3.63, 3.8) is 0 Å². The molecule has 1 N–H and O–H groups in total. The molecule has 0 spiro atoms. The lowest BCUT2D eigenvalue weighted by Crippen LogP contribution is -2.45. The van der Waals surface area contributed by atoms with Crippen LogP contribution >= 0.6 is 0 Å². The zero-order valence-corrected chi connectivity index (χ0v) is 15.1. The second-order valence-corrected chi connectivity index (χ2v) is 7.13. The number of hydrogen-bond donors (Lipinski definition) is 1. The molecule has 0 bridgehead atoms. The van der Waals surface area contributed by atoms with Gasteiger partial charge in [-0.05, 0) is 36.0 Å². The number of alkyl halides is 1. The summed E-state index contributed by atoms with van der Waals surface area (Å²) in [5.74, 6) is -1.81. The smallest absolute Gasteiger partial charge is 0.222 e. The minimum Gasteiger partial charge on any atom is -0.343 e. The highest BCUT2D eigenvalue weighted by Gasteiger charge is 2.31. The molecule has 1 atom stereocenters. The predicted octanol–water partition coefficient (Wildman–Crippen LogP) is 3.46. The van der Waals surface area contributed by atoms with Crippen LogP contribution in [0, 0.1) is 5.92 Å². The first kappa shape index (κ1) is 18.4. The van der Waals surface area contributed by atoms with Crippen molar-refractivity contribution < 1.29 is 14.0 Å². The third-order valence-corrected chi connectivity index (χ3v) is 5.13. The van der Waals surface area contributed by atoms with Crippen LogP contribution in [0.4, 0.5) is 4.39 Å². The number of halogens is 1. The number of carbonyl (C=O) groups is 2. The van der Waals surface area contributed by atoms with Crippen molar-refractivity contribution in [3.8, 4) is 0 Å². The summed E-state index contributed by atoms with van der Waals surface area (Å²) in [6.45, 7) is 2.92. The lowest BCUT2D eigenvalue weighted by atomic mass is 9.92. The number of piperidine rings is 1. The zero-order chi connectivity index (χ0) is 18.6. The molecular weight excluding hydrogens is 331 g/mol. The third kappa shape index (κ3) is 4.59. The molecule has 26 heavy (non-hydrogen) atoms. The van der Waals surface area contributed by atoms with E-state index in [-0.39, 0.29) is 24.2 Å². The highest BCUT2D eigenvalue weighted by Crippen LogP contribution is 2.28. The number of amides is 2. The Kier molecular flexibility index (Phi) is 5.55. The van der Waals surface area contributed by atoms with Crippen molar-refractivity contribution in [1.29, 1.82) is 0 Å². The van der Waals surface area contributed by atoms with Gasteiger partial charge in [0.15, 0.2) is 0 Å². The minimum absolute atomic E-state index is 0.0731. The summed E-state index contributed by atoms with van der Waals surface area (Å²) in [7, 11) is 0. The number of carbonyl (C=O) groups excluding carboxylic acids is 2. The van der Waals surface area contributed by atoms with Crippen LogP contribution in [0.2, 0.25) is 0 Å². The molecule has 1 aliphatic heterocycles. The Morgan fingerprint density at radius 2 is 1.92 bits per heavy atom. The monoisotopic (exact) mass is 356 g/mol. The van der Waals surface area contributed by atoms with Crippen LogP contribution in [-0.4, -0.2) is 35.6 Å². The summed E-state index contributed by atoms with van der Waals surface area (Å²) in [5, 5.41) is 2.53. The van der Waals surface area contributed by atoms with Crippen LogP contribution in [0.5, 0.6) is 0 Å². The Morgan fingerprint density at radius 1 is 1.23 bits per heavy atom. The van der Waals surface area contributed by atoms with E-state index in [1.165, 1.54) is 6.08 Å². The van der Waals surface area contributed by atoms with E-state index in [9.17, 15) is 14.0 Å². The number of nitrogens with one attached hydrogen (secondary N) is 1. The van der Waals surface area contributed by atoms with E-state index >= 15 is 0 Å². The van der Waals surface area contributed by atoms with Crippen molar-refractivity contribution >= 4 is 17.4 Å². The van der Waals surface area contributed by atoms with Crippen LogP contribution in [0.1, 0.15) is 38.2 Å². The summed E-state index contributed by atoms with van der Waals surface area (Å²) in [6, 6.07) is 9.79. The maximum Gasteiger partial charge on any atom is 0.222 e. The number of hydrogen-bond acceptors (Lipinski definition) is 2. The van der Waals surface area contributed by atoms with Crippen molar-refractivity contribution in [2.24, 2.45) is 5.92 Å². The van der Waals surface area contributed by atoms with E-state index in [4.69, 9.17) is 0 Å². The van der Waals surface area contributed by atoms with Crippen molar-refractivity contribution in [2.75, 3.05) is 13.1 Å². The van der Waals surface area contributed by atoms with Crippen molar-refractivity contribution in [1.82, 2.24) is 10.2 Å². The summed E-state index contributed by atoms with van der Waals surface area (Å²) in [6.07, 6.45) is 7.00. The fourth-order valence-corrected chi connectivity index (χ4v) is 3.55. The van der Waals surface area contributed by atoms with Gasteiger partial charge in [0, 0.05) is 32.9 Å². The molecule has 0 saturated carbocycles. The van der Waals surface area contributed by atoms with Gasteiger partial charge >= 0.3 is 0 Å². The van der Waals surface area contributed by atoms with E-state index in [0.29, 0.717) is 19.5 Å². The standard InChI is InChI=1S/C21H25FN2O2/c1-16(25)24-13-9-17(10-14-24)15-20(26)23-21(22)11-7-19(8-12-21)18-5-3-2-4-6-18/h2-8,11,17H,9-10,12-15H2,1H3,(H,23,26). The van der Waals surface area contributed by atoms with Gasteiger partial charge in [0.1, 0.15) is 0 Å². The maximum atomic E-state index is 14.9. The van der Waals surface area contributed by atoms with Crippen LogP contribution in [0.3, 0.4) is 0 Å². The maximum absolute atomic E-state index is 14.9. The molecule has 1 heterocycles. The first-order chi connectivity index (χ1) is 12.5. The predicted molar refractivity (Wildman–Crippen MR) is 99.8 cm³/mol. The van der Waals surface area contributed by atoms with Crippen LogP contribution in [0.25, 0.3) is 5.57 Å². The second kappa shape index (κ2) is 7.85. The summed E-state index contributed by atoms with van der Waals surface area (Å²) < 4.78 is 14.9. The van der Waals surface area contributed by atoms with E-state index in [1.807, 2.05) is 36.4 Å². The van der Waals surface area contributed by atoms with Gasteiger partial charge in [-0.25, -0.2) is 4.39 Å². The van der Waals surface area contributed by atoms with Gasteiger partial charge in [0.05, 0.1) is 0 Å². The largest absolute Gasteiger partial charge is 0.343 e. The number of benzene rings is 1. The second-order valence-electron chi connectivity index (χ2n) is 7.13. The van der Waals surface area contributed by atoms with E-state index in [2.05, 4.69) is 5.32 Å². The first-order valence-corrected chi connectivity index (χ1v) is 9.15. The molecule has 0 radical (unpaired) electrons. The molecule has 1 saturated heterocycles. The molecule has 4 nitrogen and oxygen atoms in total. The first-order valence-electron chi connectivity index (χ1n) is 9.15. The normalized spacial score (nSPS) is 23.5. The SMILES string of the molecule is CC(=O)N1CCC(CC(=O)NC2(F)C=CC(c3ccccc3)=CC2)CC1. The average Bonchev–Trinajstić information content (AvgIpc) is 2.63. The van der Waals surface area contributed by atoms with Gasteiger partial charge in [-0.2, -0.15) is 0 Å². The number of rotatable bonds is 4. The lowest BCUT2D eigenvalue weighted by Gasteiger charge is -2.32. The van der Waals surface area contributed by atoms with Crippen LogP contribution < -0.4 is 5.32 Å². The number of allylic oxidation sites excluding steroid dienone is 2. The highest BCUT2D eigenvalue weighted by molar-refractivity contribution is 5.79. The molecule has 2 aliphatic rings. The zero-order valence-electron chi connectivity index (χ0n) is 15.1. The minimum atomic E-state index is -1.82. The Hall–Kier alpha value is -2.43. The summed E-state index contributed by atoms with van der Waals surface area (Å²) in [5.41, 5.74) is 2.00. The van der Waals surface area contributed by atoms with Gasteiger partial charge in [-0.1, -0.05) is 42.5 Å². The highest BCUT2D eigenvalue weighted by atomic mass is 19.1. The van der Waals surface area contributed by atoms with Crippen LogP contribution in [0.15, 0.2) is 48.6 Å². The average molecular weight is 356 g/mol. The number of nitrogens with zero attached hydrogens (tertiary/aromatic N) is 1. The molecular formula is C21H25FN2O2. The molecule has 5 heteroatoms. The van der Waals surface area contributed by atoms with Gasteiger partial charge in [0.25, 0.3) is 0 Å². The third-order valence-electron chi connectivity index (χ3n) is 5.13. The molecule has 138 valence electrons. The van der Waals surface area contributed by atoms with Gasteiger partial charge in [-0.3, -0.25) is 9.59 Å². The van der Waals surface area contributed by atoms with Gasteiger partial charge in [-0.15, -0.1) is 0 Å².